The number of hydrogen-bond acceptors (Lipinski definition) is 4. The molecule has 0 fully saturated rings. The van der Waals surface area contributed by atoms with Crippen LogP contribution in [-0.2, 0) is 20.9 Å². The van der Waals surface area contributed by atoms with E-state index >= 15 is 0 Å². The second-order valence-corrected chi connectivity index (χ2v) is 4.25. The number of hydrogen-bond donors (Lipinski definition) is 3. The average Bonchev–Trinajstić information content (AvgIpc) is 2.44. The minimum Gasteiger partial charge on any atom is -0.480 e. The maximum atomic E-state index is 11.1. The summed E-state index contributed by atoms with van der Waals surface area (Å²) in [6, 6.07) is 9.71. The lowest BCUT2D eigenvalue weighted by molar-refractivity contribution is -0.136. The number of carboxylic acid groups (broad SMARTS) is 1. The van der Waals surface area contributed by atoms with Gasteiger partial charge in [-0.1, -0.05) is 30.3 Å². The van der Waals surface area contributed by atoms with Gasteiger partial charge in [-0.15, -0.1) is 0 Å². The van der Waals surface area contributed by atoms with Gasteiger partial charge in [0.15, 0.2) is 0 Å². The summed E-state index contributed by atoms with van der Waals surface area (Å²) in [6.07, 6.45) is -0.0300. The van der Waals surface area contributed by atoms with Crippen molar-refractivity contribution in [2.75, 3.05) is 6.54 Å². The summed E-state index contributed by atoms with van der Waals surface area (Å²) in [5, 5.41) is 12.4. The van der Waals surface area contributed by atoms with Crippen molar-refractivity contribution in [3.8, 4) is 0 Å². The Hall–Kier alpha value is -2.57. The molecule has 0 atom stereocenters. The molecule has 7 nitrogen and oxygen atoms in total. The first-order chi connectivity index (χ1) is 9.95. The Morgan fingerprint density at radius 1 is 1.29 bits per heavy atom. The molecule has 116 valence electrons. The lowest BCUT2D eigenvalue weighted by atomic mass is 10.2. The number of aliphatic carboxylic acids is 1. The van der Waals surface area contributed by atoms with E-state index in [4.69, 9.17) is 9.84 Å². The van der Waals surface area contributed by atoms with E-state index in [1.54, 1.807) is 0 Å². The van der Waals surface area contributed by atoms with E-state index in [2.05, 4.69) is 5.32 Å². The van der Waals surface area contributed by atoms with E-state index in [1.165, 1.54) is 0 Å². The van der Waals surface area contributed by atoms with Gasteiger partial charge in [0.05, 0.1) is 0 Å². The van der Waals surface area contributed by atoms with Crippen LogP contribution in [0, 0.1) is 0 Å². The largest absolute Gasteiger partial charge is 0.480 e. The van der Waals surface area contributed by atoms with Crippen LogP contribution in [0.15, 0.2) is 30.3 Å². The zero-order chi connectivity index (χ0) is 16.1. The fourth-order valence-corrected chi connectivity index (χ4v) is 1.13. The number of amides is 2. The van der Waals surface area contributed by atoms with Crippen LogP contribution >= 0.6 is 0 Å². The van der Waals surface area contributed by atoms with Crippen molar-refractivity contribution in [2.24, 2.45) is 0 Å². The van der Waals surface area contributed by atoms with Crippen molar-refractivity contribution in [3.05, 3.63) is 35.9 Å². The molecule has 1 aromatic carbocycles. The monoisotopic (exact) mass is 296 g/mol. The molecule has 0 heterocycles. The van der Waals surface area contributed by atoms with E-state index in [9.17, 15) is 14.4 Å². The van der Waals surface area contributed by atoms with Gasteiger partial charge in [-0.2, -0.15) is 0 Å². The van der Waals surface area contributed by atoms with Gasteiger partial charge < -0.3 is 20.5 Å². The number of carbonyl (C=O) groups is 3. The molecule has 3 N–H and O–H groups in total. The molecule has 0 radical (unpaired) electrons. The molecule has 2 amide bonds. The standard InChI is InChI=1S/C11H15NO2.C3H5NO3/c1-9(2)12-11(13)14-8-10-6-4-3-5-7-10;5-2-4-1-3(6)7/h3-7,9H,8H2,1-2H3,(H,12,13);2H,1H2,(H,4,5)(H,6,7). The van der Waals surface area contributed by atoms with Gasteiger partial charge in [0, 0.05) is 6.04 Å². The molecular formula is C14H20N2O5. The first-order valence-electron chi connectivity index (χ1n) is 6.31. The Morgan fingerprint density at radius 2 is 1.90 bits per heavy atom. The van der Waals surface area contributed by atoms with Crippen molar-refractivity contribution < 1.29 is 24.2 Å². The van der Waals surface area contributed by atoms with Crippen LogP contribution < -0.4 is 10.6 Å². The van der Waals surface area contributed by atoms with E-state index in [0.717, 1.165) is 5.56 Å². The summed E-state index contributed by atoms with van der Waals surface area (Å²) < 4.78 is 4.99. The van der Waals surface area contributed by atoms with Crippen molar-refractivity contribution in [1.82, 2.24) is 10.6 Å². The molecule has 0 aromatic heterocycles. The average molecular weight is 296 g/mol. The Balaban J connectivity index is 0.000000486. The van der Waals surface area contributed by atoms with E-state index in [-0.39, 0.29) is 18.7 Å². The van der Waals surface area contributed by atoms with Crippen LogP contribution in [0.5, 0.6) is 0 Å². The summed E-state index contributed by atoms with van der Waals surface area (Å²) >= 11 is 0. The highest BCUT2D eigenvalue weighted by molar-refractivity contribution is 5.71. The summed E-state index contributed by atoms with van der Waals surface area (Å²) in [5.74, 6) is -1.04. The fraction of sp³-hybridized carbons (Fsp3) is 0.357. The van der Waals surface area contributed by atoms with E-state index in [0.29, 0.717) is 13.0 Å². The number of rotatable bonds is 6. The van der Waals surface area contributed by atoms with Crippen LogP contribution in [0.1, 0.15) is 19.4 Å². The molecule has 0 spiro atoms. The molecule has 0 bridgehead atoms. The highest BCUT2D eigenvalue weighted by Gasteiger charge is 2.03. The molecule has 1 rings (SSSR count). The highest BCUT2D eigenvalue weighted by atomic mass is 16.5. The first-order valence-corrected chi connectivity index (χ1v) is 6.31. The third-order valence-electron chi connectivity index (χ3n) is 1.96. The van der Waals surface area contributed by atoms with Gasteiger partial charge in [0.1, 0.15) is 13.2 Å². The number of alkyl carbamates (subject to hydrolysis) is 1. The van der Waals surface area contributed by atoms with Crippen LogP contribution in [0.3, 0.4) is 0 Å². The molecule has 0 aliphatic heterocycles. The molecule has 1 aromatic rings. The Morgan fingerprint density at radius 3 is 2.33 bits per heavy atom. The third-order valence-corrected chi connectivity index (χ3v) is 1.96. The molecule has 0 aliphatic carbocycles. The molecule has 0 saturated heterocycles. The quantitative estimate of drug-likeness (QED) is 0.683. The van der Waals surface area contributed by atoms with Crippen molar-refractivity contribution in [1.29, 1.82) is 0 Å². The first kappa shape index (κ1) is 18.4. The van der Waals surface area contributed by atoms with Gasteiger partial charge >= 0.3 is 12.1 Å². The summed E-state index contributed by atoms with van der Waals surface area (Å²) in [5.41, 5.74) is 0.992. The maximum Gasteiger partial charge on any atom is 0.407 e. The second-order valence-electron chi connectivity index (χ2n) is 4.25. The Bertz CT molecular complexity index is 434. The lowest BCUT2D eigenvalue weighted by Gasteiger charge is -2.08. The van der Waals surface area contributed by atoms with Crippen molar-refractivity contribution >= 4 is 18.5 Å². The number of benzene rings is 1. The maximum absolute atomic E-state index is 11.1. The van der Waals surface area contributed by atoms with Crippen LogP contribution in [0.4, 0.5) is 4.79 Å². The van der Waals surface area contributed by atoms with Gasteiger partial charge in [0.25, 0.3) is 0 Å². The number of carbonyl (C=O) groups excluding carboxylic acids is 2. The number of carboxylic acids is 1. The molecular weight excluding hydrogens is 276 g/mol. The summed E-state index contributed by atoms with van der Waals surface area (Å²) in [4.78, 5) is 30.0. The van der Waals surface area contributed by atoms with Crippen LogP contribution in [-0.4, -0.2) is 36.2 Å². The molecule has 0 unspecified atom stereocenters. The van der Waals surface area contributed by atoms with Crippen LogP contribution in [0.25, 0.3) is 0 Å². The zero-order valence-electron chi connectivity index (χ0n) is 12.0. The third kappa shape index (κ3) is 12.2. The Labute approximate surface area is 123 Å². The normalized spacial score (nSPS) is 9.10. The zero-order valence-corrected chi connectivity index (χ0v) is 12.0. The SMILES string of the molecule is CC(C)NC(=O)OCc1ccccc1.O=CNCC(=O)O. The molecule has 0 saturated carbocycles. The Kier molecular flexibility index (Phi) is 9.89. The number of ether oxygens (including phenoxy) is 1. The van der Waals surface area contributed by atoms with Crippen LogP contribution in [0.2, 0.25) is 0 Å². The van der Waals surface area contributed by atoms with E-state index < -0.39 is 5.97 Å². The predicted octanol–water partition coefficient (Wildman–Crippen LogP) is 1.14. The predicted molar refractivity (Wildman–Crippen MR) is 76.6 cm³/mol. The minimum atomic E-state index is -1.04. The smallest absolute Gasteiger partial charge is 0.407 e. The molecule has 21 heavy (non-hydrogen) atoms. The highest BCUT2D eigenvalue weighted by Crippen LogP contribution is 2.00. The topological polar surface area (TPSA) is 105 Å². The fourth-order valence-electron chi connectivity index (χ4n) is 1.13. The molecule has 7 heteroatoms. The summed E-state index contributed by atoms with van der Waals surface area (Å²) in [6.45, 7) is 3.80. The van der Waals surface area contributed by atoms with Gasteiger partial charge in [-0.05, 0) is 19.4 Å². The summed E-state index contributed by atoms with van der Waals surface area (Å²) in [7, 11) is 0. The minimum absolute atomic E-state index is 0.110. The van der Waals surface area contributed by atoms with Crippen molar-refractivity contribution in [3.63, 3.8) is 0 Å². The lowest BCUT2D eigenvalue weighted by Crippen LogP contribution is -2.30. The van der Waals surface area contributed by atoms with Crippen molar-refractivity contribution in [2.45, 2.75) is 26.5 Å². The van der Waals surface area contributed by atoms with E-state index in [1.807, 2.05) is 49.5 Å². The van der Waals surface area contributed by atoms with Gasteiger partial charge in [0.2, 0.25) is 6.41 Å². The van der Waals surface area contributed by atoms with Gasteiger partial charge in [-0.25, -0.2) is 4.79 Å². The second kappa shape index (κ2) is 11.3. The molecule has 0 aliphatic rings. The number of nitrogens with one attached hydrogen (secondary N) is 2. The van der Waals surface area contributed by atoms with Gasteiger partial charge in [-0.3, -0.25) is 9.59 Å².